The number of nitrogens with zero attached hydrogens (tertiary/aromatic N) is 1. The molecule has 0 aromatic carbocycles. The average molecular weight is 266 g/mol. The van der Waals surface area contributed by atoms with Crippen LogP contribution in [-0.2, 0) is 11.3 Å². The molecule has 0 unspecified atom stereocenters. The number of rotatable bonds is 5. The standard InChI is InChI=1S/C14H22N2OS/c1-11(2)8-16(9-12-4-6-18-10-12)14(17)13-3-5-15-7-13/h4,6,10-11,13,15H,3,5,7-9H2,1-2H3/t13-/m0/s1. The molecule has 1 amide bonds. The van der Waals surface area contributed by atoms with Crippen LogP contribution >= 0.6 is 11.3 Å². The summed E-state index contributed by atoms with van der Waals surface area (Å²) in [5, 5.41) is 7.48. The minimum atomic E-state index is 0.183. The van der Waals surface area contributed by atoms with Crippen LogP contribution in [0.25, 0.3) is 0 Å². The second-order valence-corrected chi connectivity index (χ2v) is 6.21. The first kappa shape index (κ1) is 13.6. The molecule has 18 heavy (non-hydrogen) atoms. The molecule has 1 aromatic rings. The fourth-order valence-electron chi connectivity index (χ4n) is 2.40. The first-order chi connectivity index (χ1) is 8.66. The Morgan fingerprint density at radius 2 is 2.44 bits per heavy atom. The van der Waals surface area contributed by atoms with Crippen LogP contribution in [0.5, 0.6) is 0 Å². The Labute approximate surface area is 113 Å². The van der Waals surface area contributed by atoms with E-state index in [1.807, 2.05) is 4.90 Å². The van der Waals surface area contributed by atoms with E-state index in [1.165, 1.54) is 5.56 Å². The minimum absolute atomic E-state index is 0.183. The summed E-state index contributed by atoms with van der Waals surface area (Å²) in [6, 6.07) is 2.11. The third-order valence-corrected chi connectivity index (χ3v) is 3.99. The maximum Gasteiger partial charge on any atom is 0.227 e. The van der Waals surface area contributed by atoms with Gasteiger partial charge in [-0.15, -0.1) is 0 Å². The van der Waals surface area contributed by atoms with Crippen molar-refractivity contribution in [3.05, 3.63) is 22.4 Å². The monoisotopic (exact) mass is 266 g/mol. The molecule has 1 N–H and O–H groups in total. The molecule has 1 aliphatic rings. The van der Waals surface area contributed by atoms with Crippen molar-refractivity contribution in [1.29, 1.82) is 0 Å². The van der Waals surface area contributed by atoms with Gasteiger partial charge in [-0.25, -0.2) is 0 Å². The summed E-state index contributed by atoms with van der Waals surface area (Å²) in [4.78, 5) is 14.5. The Morgan fingerprint density at radius 1 is 1.61 bits per heavy atom. The summed E-state index contributed by atoms with van der Waals surface area (Å²) in [6.07, 6.45) is 0.983. The third kappa shape index (κ3) is 3.56. The van der Waals surface area contributed by atoms with Crippen molar-refractivity contribution in [2.45, 2.75) is 26.8 Å². The van der Waals surface area contributed by atoms with Crippen molar-refractivity contribution in [3.63, 3.8) is 0 Å². The van der Waals surface area contributed by atoms with E-state index >= 15 is 0 Å². The Morgan fingerprint density at radius 3 is 3.00 bits per heavy atom. The molecule has 3 nitrogen and oxygen atoms in total. The molecule has 1 atom stereocenters. The van der Waals surface area contributed by atoms with E-state index in [0.717, 1.165) is 32.6 Å². The second kappa shape index (κ2) is 6.34. The topological polar surface area (TPSA) is 32.3 Å². The van der Waals surface area contributed by atoms with Gasteiger partial charge in [-0.2, -0.15) is 11.3 Å². The van der Waals surface area contributed by atoms with E-state index in [0.29, 0.717) is 11.8 Å². The van der Waals surface area contributed by atoms with Crippen LogP contribution in [0.1, 0.15) is 25.8 Å². The molecule has 2 rings (SSSR count). The highest BCUT2D eigenvalue weighted by atomic mass is 32.1. The fourth-order valence-corrected chi connectivity index (χ4v) is 3.06. The molecule has 1 aliphatic heterocycles. The van der Waals surface area contributed by atoms with Gasteiger partial charge >= 0.3 is 0 Å². The van der Waals surface area contributed by atoms with Crippen molar-refractivity contribution in [2.24, 2.45) is 11.8 Å². The molecule has 4 heteroatoms. The maximum absolute atomic E-state index is 12.5. The van der Waals surface area contributed by atoms with Crippen LogP contribution < -0.4 is 5.32 Å². The third-order valence-electron chi connectivity index (χ3n) is 3.26. The highest BCUT2D eigenvalue weighted by molar-refractivity contribution is 7.07. The van der Waals surface area contributed by atoms with Gasteiger partial charge in [0, 0.05) is 19.6 Å². The van der Waals surface area contributed by atoms with Crippen LogP contribution in [0.15, 0.2) is 16.8 Å². The van der Waals surface area contributed by atoms with Crippen molar-refractivity contribution >= 4 is 17.2 Å². The molecule has 0 radical (unpaired) electrons. The zero-order valence-electron chi connectivity index (χ0n) is 11.2. The van der Waals surface area contributed by atoms with Gasteiger partial charge in [0.15, 0.2) is 0 Å². The van der Waals surface area contributed by atoms with Gasteiger partial charge in [0.25, 0.3) is 0 Å². The fraction of sp³-hybridized carbons (Fsp3) is 0.643. The molecule has 1 fully saturated rings. The number of nitrogens with one attached hydrogen (secondary N) is 1. The average Bonchev–Trinajstić information content (AvgIpc) is 2.99. The number of carbonyl (C=O) groups excluding carboxylic acids is 1. The molecular weight excluding hydrogens is 244 g/mol. The van der Waals surface area contributed by atoms with Crippen LogP contribution in [0.4, 0.5) is 0 Å². The lowest BCUT2D eigenvalue weighted by molar-refractivity contribution is -0.136. The van der Waals surface area contributed by atoms with Gasteiger partial charge in [-0.1, -0.05) is 13.8 Å². The number of hydrogen-bond acceptors (Lipinski definition) is 3. The van der Waals surface area contributed by atoms with Crippen molar-refractivity contribution in [2.75, 3.05) is 19.6 Å². The smallest absolute Gasteiger partial charge is 0.227 e. The predicted molar refractivity (Wildman–Crippen MR) is 75.6 cm³/mol. The molecular formula is C14H22N2OS. The summed E-state index contributed by atoms with van der Waals surface area (Å²) in [5.41, 5.74) is 1.25. The van der Waals surface area contributed by atoms with Gasteiger partial charge in [-0.05, 0) is 41.3 Å². The normalized spacial score (nSPS) is 19.4. The van der Waals surface area contributed by atoms with Crippen LogP contribution in [0.3, 0.4) is 0 Å². The largest absolute Gasteiger partial charge is 0.338 e. The van der Waals surface area contributed by atoms with Gasteiger partial charge < -0.3 is 10.2 Å². The summed E-state index contributed by atoms with van der Waals surface area (Å²) in [6.45, 7) is 7.77. The highest BCUT2D eigenvalue weighted by Crippen LogP contribution is 2.17. The van der Waals surface area contributed by atoms with E-state index in [9.17, 15) is 4.79 Å². The predicted octanol–water partition coefficient (Wildman–Crippen LogP) is 2.34. The zero-order chi connectivity index (χ0) is 13.0. The zero-order valence-corrected chi connectivity index (χ0v) is 12.0. The van der Waals surface area contributed by atoms with Gasteiger partial charge in [0.2, 0.25) is 5.91 Å². The first-order valence-corrected chi connectivity index (χ1v) is 7.61. The van der Waals surface area contributed by atoms with E-state index < -0.39 is 0 Å². The van der Waals surface area contributed by atoms with E-state index in [-0.39, 0.29) is 5.92 Å². The molecule has 0 spiro atoms. The lowest BCUT2D eigenvalue weighted by Gasteiger charge is -2.27. The van der Waals surface area contributed by atoms with Crippen LogP contribution in [-0.4, -0.2) is 30.4 Å². The molecule has 1 saturated heterocycles. The summed E-state index contributed by atoms with van der Waals surface area (Å²) in [7, 11) is 0. The van der Waals surface area contributed by atoms with E-state index in [2.05, 4.69) is 36.0 Å². The number of carbonyl (C=O) groups is 1. The molecule has 0 aliphatic carbocycles. The highest BCUT2D eigenvalue weighted by Gasteiger charge is 2.27. The summed E-state index contributed by atoms with van der Waals surface area (Å²) >= 11 is 1.69. The Kier molecular flexibility index (Phi) is 4.78. The van der Waals surface area contributed by atoms with Crippen LogP contribution in [0, 0.1) is 11.8 Å². The Hall–Kier alpha value is -0.870. The van der Waals surface area contributed by atoms with E-state index in [1.54, 1.807) is 11.3 Å². The van der Waals surface area contributed by atoms with Crippen molar-refractivity contribution < 1.29 is 4.79 Å². The van der Waals surface area contributed by atoms with Gasteiger partial charge in [-0.3, -0.25) is 4.79 Å². The quantitative estimate of drug-likeness (QED) is 0.887. The lowest BCUT2D eigenvalue weighted by Crippen LogP contribution is -2.38. The Bertz CT molecular complexity index is 369. The maximum atomic E-state index is 12.5. The number of thiophene rings is 1. The summed E-state index contributed by atoms with van der Waals surface area (Å²) < 4.78 is 0. The van der Waals surface area contributed by atoms with Crippen molar-refractivity contribution in [1.82, 2.24) is 10.2 Å². The van der Waals surface area contributed by atoms with Gasteiger partial charge in [0.05, 0.1) is 5.92 Å². The molecule has 0 bridgehead atoms. The lowest BCUT2D eigenvalue weighted by atomic mass is 10.1. The molecule has 2 heterocycles. The number of amides is 1. The van der Waals surface area contributed by atoms with Gasteiger partial charge in [0.1, 0.15) is 0 Å². The molecule has 100 valence electrons. The number of hydrogen-bond donors (Lipinski definition) is 1. The molecule has 1 aromatic heterocycles. The Balaban J connectivity index is 2.01. The minimum Gasteiger partial charge on any atom is -0.338 e. The van der Waals surface area contributed by atoms with E-state index in [4.69, 9.17) is 0 Å². The SMILES string of the molecule is CC(C)CN(Cc1ccsc1)C(=O)[C@H]1CCNC1. The second-order valence-electron chi connectivity index (χ2n) is 5.43. The molecule has 0 saturated carbocycles. The summed E-state index contributed by atoms with van der Waals surface area (Å²) in [5.74, 6) is 1.02. The van der Waals surface area contributed by atoms with Crippen LogP contribution in [0.2, 0.25) is 0 Å². The first-order valence-electron chi connectivity index (χ1n) is 6.67. The van der Waals surface area contributed by atoms with Crippen molar-refractivity contribution in [3.8, 4) is 0 Å².